The molecule has 0 aliphatic heterocycles. The highest BCUT2D eigenvalue weighted by atomic mass is 32.2. The van der Waals surface area contributed by atoms with Gasteiger partial charge in [-0.1, -0.05) is 18.2 Å². The third-order valence-electron chi connectivity index (χ3n) is 3.78. The van der Waals surface area contributed by atoms with Crippen molar-refractivity contribution in [3.05, 3.63) is 61.1 Å². The minimum Gasteiger partial charge on any atom is -0.423 e. The van der Waals surface area contributed by atoms with Crippen molar-refractivity contribution < 1.29 is 8.63 Å². The number of nitrogens with zero attached hydrogens (tertiary/aromatic N) is 3. The van der Waals surface area contributed by atoms with Crippen LogP contribution in [-0.2, 0) is 9.71 Å². The minimum absolute atomic E-state index is 0.363. The summed E-state index contributed by atoms with van der Waals surface area (Å²) >= 11 is 0. The van der Waals surface area contributed by atoms with Crippen molar-refractivity contribution in [2.45, 2.75) is 0 Å². The molecule has 4 rings (SSSR count). The van der Waals surface area contributed by atoms with Gasteiger partial charge in [-0.05, 0) is 30.1 Å². The SMILES string of the molecule is C=S(C)(=O)Nc1cccc(Nc2ncc(-c3ccc4cnncc4c3)o2)c1. The normalized spacial score (nSPS) is 13.2. The van der Waals surface area contributed by atoms with Crippen molar-refractivity contribution in [3.8, 4) is 11.3 Å². The molecule has 7 nitrogen and oxygen atoms in total. The first-order valence-corrected chi connectivity index (χ1v) is 10.2. The van der Waals surface area contributed by atoms with Crippen LogP contribution < -0.4 is 10.0 Å². The molecule has 2 heterocycles. The van der Waals surface area contributed by atoms with Crippen LogP contribution in [-0.4, -0.2) is 31.5 Å². The van der Waals surface area contributed by atoms with Crippen molar-refractivity contribution >= 4 is 43.7 Å². The van der Waals surface area contributed by atoms with Gasteiger partial charge >= 0.3 is 0 Å². The van der Waals surface area contributed by atoms with E-state index in [4.69, 9.17) is 4.42 Å². The number of benzene rings is 2. The second-order valence-electron chi connectivity index (χ2n) is 6.18. The van der Waals surface area contributed by atoms with Crippen LogP contribution in [0, 0.1) is 0 Å². The molecule has 0 aliphatic carbocycles. The van der Waals surface area contributed by atoms with E-state index >= 15 is 0 Å². The largest absolute Gasteiger partial charge is 0.423 e. The molecule has 0 radical (unpaired) electrons. The first-order valence-electron chi connectivity index (χ1n) is 8.10. The van der Waals surface area contributed by atoms with E-state index in [-0.39, 0.29) is 0 Å². The molecule has 0 aliphatic rings. The van der Waals surface area contributed by atoms with Gasteiger partial charge < -0.3 is 14.5 Å². The van der Waals surface area contributed by atoms with Crippen molar-refractivity contribution in [1.82, 2.24) is 15.2 Å². The van der Waals surface area contributed by atoms with Crippen molar-refractivity contribution in [2.75, 3.05) is 16.3 Å². The van der Waals surface area contributed by atoms with E-state index in [0.29, 0.717) is 17.5 Å². The summed E-state index contributed by atoms with van der Waals surface area (Å²) in [5.41, 5.74) is 2.35. The molecule has 1 atom stereocenters. The Morgan fingerprint density at radius 1 is 1.00 bits per heavy atom. The van der Waals surface area contributed by atoms with Crippen LogP contribution in [0.2, 0.25) is 0 Å². The van der Waals surface area contributed by atoms with E-state index < -0.39 is 9.71 Å². The van der Waals surface area contributed by atoms with Gasteiger partial charge in [-0.3, -0.25) is 0 Å². The van der Waals surface area contributed by atoms with Gasteiger partial charge in [-0.25, -0.2) is 9.19 Å². The lowest BCUT2D eigenvalue weighted by Crippen LogP contribution is -2.09. The van der Waals surface area contributed by atoms with E-state index in [9.17, 15) is 4.21 Å². The zero-order chi connectivity index (χ0) is 18.9. The standard InChI is InChI=1S/C19H17N5O2S/c1-27(2,25)24-17-5-3-4-16(9-17)23-19-20-12-18(26-19)13-6-7-14-10-21-22-11-15(14)8-13/h3-12H,1H2,2H3,(H,20,23)(H,24,25). The molecule has 2 aromatic heterocycles. The molecule has 8 heteroatoms. The van der Waals surface area contributed by atoms with E-state index in [2.05, 4.69) is 31.1 Å². The Bertz CT molecular complexity index is 1220. The lowest BCUT2D eigenvalue weighted by Gasteiger charge is -2.09. The molecule has 0 amide bonds. The first kappa shape index (κ1) is 17.0. The average Bonchev–Trinajstić information content (AvgIpc) is 3.08. The maximum absolute atomic E-state index is 11.8. The van der Waals surface area contributed by atoms with Crippen molar-refractivity contribution in [2.24, 2.45) is 0 Å². The highest BCUT2D eigenvalue weighted by Gasteiger charge is 2.08. The number of aromatic nitrogens is 3. The summed E-state index contributed by atoms with van der Waals surface area (Å²) in [5.74, 6) is 4.23. The topological polar surface area (TPSA) is 92.9 Å². The van der Waals surface area contributed by atoms with Gasteiger partial charge in [-0.2, -0.15) is 10.2 Å². The summed E-state index contributed by atoms with van der Waals surface area (Å²) in [7, 11) is -2.34. The lowest BCUT2D eigenvalue weighted by molar-refractivity contribution is 0.592. The number of hydrogen-bond donors (Lipinski definition) is 2. The second kappa shape index (κ2) is 6.73. The fraction of sp³-hybridized carbons (Fsp3) is 0.0526. The third-order valence-corrected chi connectivity index (χ3v) is 4.45. The first-order chi connectivity index (χ1) is 13.0. The maximum Gasteiger partial charge on any atom is 0.299 e. The van der Waals surface area contributed by atoms with Crippen molar-refractivity contribution in [1.29, 1.82) is 0 Å². The smallest absolute Gasteiger partial charge is 0.299 e. The van der Waals surface area contributed by atoms with Crippen LogP contribution in [0.4, 0.5) is 17.4 Å². The molecule has 0 saturated carbocycles. The molecule has 136 valence electrons. The van der Waals surface area contributed by atoms with Gasteiger partial charge in [0.15, 0.2) is 5.76 Å². The summed E-state index contributed by atoms with van der Waals surface area (Å²) in [6.45, 7) is 0. The molecule has 0 bridgehead atoms. The Morgan fingerprint density at radius 3 is 2.59 bits per heavy atom. The zero-order valence-corrected chi connectivity index (χ0v) is 15.4. The molecule has 2 aromatic carbocycles. The Morgan fingerprint density at radius 2 is 1.78 bits per heavy atom. The van der Waals surface area contributed by atoms with Crippen LogP contribution in [0.1, 0.15) is 0 Å². The van der Waals surface area contributed by atoms with Gasteiger partial charge in [-0.15, -0.1) is 0 Å². The fourth-order valence-electron chi connectivity index (χ4n) is 2.65. The molecule has 27 heavy (non-hydrogen) atoms. The molecule has 0 saturated heterocycles. The van der Waals surface area contributed by atoms with Gasteiger partial charge in [0.1, 0.15) is 0 Å². The monoisotopic (exact) mass is 379 g/mol. The summed E-state index contributed by atoms with van der Waals surface area (Å²) in [5, 5.41) is 12.9. The molecular formula is C19H17N5O2S. The quantitative estimate of drug-likeness (QED) is 0.514. The Labute approximate surface area is 156 Å². The number of fused-ring (bicyclic) bond motifs is 1. The number of nitrogens with one attached hydrogen (secondary N) is 2. The molecular weight excluding hydrogens is 362 g/mol. The predicted molar refractivity (Wildman–Crippen MR) is 110 cm³/mol. The average molecular weight is 379 g/mol. The van der Waals surface area contributed by atoms with Gasteiger partial charge in [0.05, 0.1) is 18.6 Å². The Balaban J connectivity index is 1.56. The molecule has 0 spiro atoms. The highest BCUT2D eigenvalue weighted by molar-refractivity contribution is 8.00. The number of rotatable bonds is 5. The van der Waals surface area contributed by atoms with Crippen LogP contribution in [0.5, 0.6) is 0 Å². The van der Waals surface area contributed by atoms with Crippen molar-refractivity contribution in [3.63, 3.8) is 0 Å². The Kier molecular flexibility index (Phi) is 4.25. The van der Waals surface area contributed by atoms with Gasteiger partial charge in [0.25, 0.3) is 6.01 Å². The third kappa shape index (κ3) is 4.06. The van der Waals surface area contributed by atoms with Crippen LogP contribution in [0.15, 0.2) is 65.5 Å². The molecule has 2 N–H and O–H groups in total. The molecule has 4 aromatic rings. The zero-order valence-electron chi connectivity index (χ0n) is 14.5. The van der Waals surface area contributed by atoms with Crippen LogP contribution in [0.25, 0.3) is 22.1 Å². The Hall–Kier alpha value is -3.39. The van der Waals surface area contributed by atoms with E-state index in [1.54, 1.807) is 24.8 Å². The number of oxazole rings is 1. The predicted octanol–water partition coefficient (Wildman–Crippen LogP) is 3.70. The second-order valence-corrected chi connectivity index (χ2v) is 8.39. The van der Waals surface area contributed by atoms with E-state index in [1.165, 1.54) is 0 Å². The number of anilines is 3. The van der Waals surface area contributed by atoms with Crippen LogP contribution >= 0.6 is 0 Å². The summed E-state index contributed by atoms with van der Waals surface area (Å²) in [4.78, 5) is 4.28. The van der Waals surface area contributed by atoms with E-state index in [0.717, 1.165) is 22.0 Å². The highest BCUT2D eigenvalue weighted by Crippen LogP contribution is 2.27. The lowest BCUT2D eigenvalue weighted by atomic mass is 10.1. The summed E-state index contributed by atoms with van der Waals surface area (Å²) < 4.78 is 20.5. The van der Waals surface area contributed by atoms with E-state index in [1.807, 2.05) is 42.5 Å². The minimum atomic E-state index is -2.34. The maximum atomic E-state index is 11.8. The summed E-state index contributed by atoms with van der Waals surface area (Å²) in [6.07, 6.45) is 6.63. The number of hydrogen-bond acceptors (Lipinski definition) is 6. The van der Waals surface area contributed by atoms with Gasteiger partial charge in [0.2, 0.25) is 0 Å². The fourth-order valence-corrected chi connectivity index (χ4v) is 3.27. The summed E-state index contributed by atoms with van der Waals surface area (Å²) in [6, 6.07) is 13.6. The van der Waals surface area contributed by atoms with Crippen LogP contribution in [0.3, 0.4) is 0 Å². The molecule has 0 fully saturated rings. The van der Waals surface area contributed by atoms with Gasteiger partial charge in [0, 0.05) is 43.7 Å². The molecule has 1 unspecified atom stereocenters.